The molecular weight excluding hydrogens is 368 g/mol. The van der Waals surface area contributed by atoms with Gasteiger partial charge in [0.1, 0.15) is 29.9 Å². The van der Waals surface area contributed by atoms with Crippen LogP contribution in [0.3, 0.4) is 0 Å². The van der Waals surface area contributed by atoms with Gasteiger partial charge >= 0.3 is 5.97 Å². The van der Waals surface area contributed by atoms with Crippen molar-refractivity contribution >= 4 is 5.97 Å². The van der Waals surface area contributed by atoms with E-state index in [0.29, 0.717) is 12.5 Å². The van der Waals surface area contributed by atoms with Gasteiger partial charge in [-0.3, -0.25) is 9.69 Å². The minimum absolute atomic E-state index is 0.120. The van der Waals surface area contributed by atoms with Crippen molar-refractivity contribution < 1.29 is 18.7 Å². The van der Waals surface area contributed by atoms with Gasteiger partial charge in [0.15, 0.2) is 0 Å². The Morgan fingerprint density at radius 1 is 1.17 bits per heavy atom. The summed E-state index contributed by atoms with van der Waals surface area (Å²) in [6.07, 6.45) is 0.857. The Morgan fingerprint density at radius 2 is 1.93 bits per heavy atom. The molecule has 2 heterocycles. The summed E-state index contributed by atoms with van der Waals surface area (Å²) in [7, 11) is 1.43. The van der Waals surface area contributed by atoms with Crippen LogP contribution in [0.15, 0.2) is 59.0 Å². The number of hydrogen-bond acceptors (Lipinski definition) is 6. The average Bonchev–Trinajstić information content (AvgIpc) is 3.11. The summed E-state index contributed by atoms with van der Waals surface area (Å²) in [5, 5.41) is 0. The molecule has 0 bridgehead atoms. The molecule has 0 spiro atoms. The lowest BCUT2D eigenvalue weighted by molar-refractivity contribution is -0.152. The van der Waals surface area contributed by atoms with Crippen LogP contribution >= 0.6 is 0 Å². The van der Waals surface area contributed by atoms with Gasteiger partial charge in [0, 0.05) is 18.7 Å². The van der Waals surface area contributed by atoms with Gasteiger partial charge in [0.25, 0.3) is 0 Å². The number of nitrogens with zero attached hydrogens (tertiary/aromatic N) is 2. The summed E-state index contributed by atoms with van der Waals surface area (Å²) in [6.45, 7) is 3.88. The van der Waals surface area contributed by atoms with Crippen LogP contribution in [0.1, 0.15) is 23.4 Å². The van der Waals surface area contributed by atoms with Crippen LogP contribution in [0.2, 0.25) is 0 Å². The molecule has 6 nitrogen and oxygen atoms in total. The lowest BCUT2D eigenvalue weighted by Gasteiger charge is -2.38. The van der Waals surface area contributed by atoms with Crippen molar-refractivity contribution in [1.82, 2.24) is 9.88 Å². The Bertz CT molecular complexity index is 966. The summed E-state index contributed by atoms with van der Waals surface area (Å²) in [4.78, 5) is 18.4. The van der Waals surface area contributed by atoms with Gasteiger partial charge in [-0.2, -0.15) is 0 Å². The highest BCUT2D eigenvalue weighted by atomic mass is 16.5. The molecule has 3 aromatic rings. The Hall–Kier alpha value is -3.12. The van der Waals surface area contributed by atoms with E-state index in [-0.39, 0.29) is 12.0 Å². The topological polar surface area (TPSA) is 64.8 Å². The molecule has 1 unspecified atom stereocenters. The number of rotatable bonds is 7. The fraction of sp³-hybridized carbons (Fsp3) is 0.304. The monoisotopic (exact) mass is 392 g/mol. The molecule has 6 heteroatoms. The van der Waals surface area contributed by atoms with Crippen LogP contribution < -0.4 is 4.74 Å². The predicted octanol–water partition coefficient (Wildman–Crippen LogP) is 3.98. The second-order valence-corrected chi connectivity index (χ2v) is 7.12. The average molecular weight is 392 g/mol. The van der Waals surface area contributed by atoms with E-state index < -0.39 is 0 Å². The van der Waals surface area contributed by atoms with Crippen LogP contribution in [-0.4, -0.2) is 35.5 Å². The first-order valence-electron chi connectivity index (χ1n) is 9.69. The second kappa shape index (κ2) is 8.49. The Kier molecular flexibility index (Phi) is 5.62. The van der Waals surface area contributed by atoms with Crippen LogP contribution in [0.25, 0.3) is 11.5 Å². The summed E-state index contributed by atoms with van der Waals surface area (Å²) in [5.41, 5.74) is 2.87. The molecule has 1 aliphatic heterocycles. The summed E-state index contributed by atoms with van der Waals surface area (Å²) >= 11 is 0. The molecule has 4 rings (SSSR count). The summed E-state index contributed by atoms with van der Waals surface area (Å²) in [5.74, 6) is 1.97. The first kappa shape index (κ1) is 19.2. The minimum atomic E-state index is -0.158. The van der Waals surface area contributed by atoms with Gasteiger partial charge in [-0.25, -0.2) is 4.98 Å². The Labute approximate surface area is 170 Å². The van der Waals surface area contributed by atoms with Crippen molar-refractivity contribution in [1.29, 1.82) is 0 Å². The fourth-order valence-corrected chi connectivity index (χ4v) is 3.38. The van der Waals surface area contributed by atoms with Crippen molar-refractivity contribution in [3.05, 3.63) is 71.6 Å². The van der Waals surface area contributed by atoms with Gasteiger partial charge in [-0.15, -0.1) is 0 Å². The fourth-order valence-electron chi connectivity index (χ4n) is 3.38. The maximum absolute atomic E-state index is 11.7. The molecule has 29 heavy (non-hydrogen) atoms. The van der Waals surface area contributed by atoms with Crippen LogP contribution in [0.4, 0.5) is 0 Å². The molecule has 1 fully saturated rings. The van der Waals surface area contributed by atoms with Crippen LogP contribution in [0, 0.1) is 6.92 Å². The highest BCUT2D eigenvalue weighted by Gasteiger charge is 2.34. The van der Waals surface area contributed by atoms with Gasteiger partial charge < -0.3 is 13.9 Å². The molecule has 150 valence electrons. The minimum Gasteiger partial charge on any atom is -0.487 e. The van der Waals surface area contributed by atoms with Crippen molar-refractivity contribution in [2.45, 2.75) is 32.5 Å². The van der Waals surface area contributed by atoms with Crippen molar-refractivity contribution in [3.63, 3.8) is 0 Å². The third kappa shape index (κ3) is 4.32. The number of carbonyl (C=O) groups excluding carboxylic acids is 1. The number of esters is 1. The maximum Gasteiger partial charge on any atom is 0.323 e. The van der Waals surface area contributed by atoms with E-state index >= 15 is 0 Å². The van der Waals surface area contributed by atoms with E-state index in [9.17, 15) is 4.79 Å². The smallest absolute Gasteiger partial charge is 0.323 e. The van der Waals surface area contributed by atoms with E-state index in [1.165, 1.54) is 7.11 Å². The standard InChI is InChI=1S/C23H24N2O4/c1-16-20(24-22(29-16)18-6-4-3-5-7-18)15-28-19-10-8-17(9-11-19)14-25-13-12-21(25)23(26)27-2/h3-11,21H,12-15H2,1-2H3. The lowest BCUT2D eigenvalue weighted by atomic mass is 10.0. The van der Waals surface area contributed by atoms with Gasteiger partial charge in [0.2, 0.25) is 5.89 Å². The lowest BCUT2D eigenvalue weighted by Crippen LogP contribution is -2.52. The zero-order valence-corrected chi connectivity index (χ0v) is 16.6. The van der Waals surface area contributed by atoms with Crippen molar-refractivity contribution in [2.24, 2.45) is 0 Å². The number of ether oxygens (including phenoxy) is 2. The molecule has 1 saturated heterocycles. The molecular formula is C23H24N2O4. The summed E-state index contributed by atoms with van der Waals surface area (Å²) < 4.78 is 16.5. The maximum atomic E-state index is 11.7. The molecule has 2 aromatic carbocycles. The van der Waals surface area contributed by atoms with Gasteiger partial charge in [-0.1, -0.05) is 30.3 Å². The SMILES string of the molecule is COC(=O)C1CCN1Cc1ccc(OCc2nc(-c3ccccc3)oc2C)cc1. The van der Waals surface area contributed by atoms with Crippen molar-refractivity contribution in [3.8, 4) is 17.2 Å². The normalized spacial score (nSPS) is 16.3. The Morgan fingerprint density at radius 3 is 2.59 bits per heavy atom. The van der Waals surface area contributed by atoms with E-state index in [2.05, 4.69) is 9.88 Å². The highest BCUT2D eigenvalue weighted by molar-refractivity contribution is 5.76. The molecule has 0 N–H and O–H groups in total. The number of hydrogen-bond donors (Lipinski definition) is 0. The first-order chi connectivity index (χ1) is 14.1. The van der Waals surface area contributed by atoms with E-state index in [1.54, 1.807) is 0 Å². The third-order valence-corrected chi connectivity index (χ3v) is 5.20. The molecule has 1 aromatic heterocycles. The van der Waals surface area contributed by atoms with E-state index in [4.69, 9.17) is 13.9 Å². The zero-order chi connectivity index (χ0) is 20.2. The number of benzene rings is 2. The molecule has 0 aliphatic carbocycles. The zero-order valence-electron chi connectivity index (χ0n) is 16.6. The van der Waals surface area contributed by atoms with Crippen LogP contribution in [-0.2, 0) is 22.7 Å². The predicted molar refractivity (Wildman–Crippen MR) is 108 cm³/mol. The number of oxazole rings is 1. The van der Waals surface area contributed by atoms with E-state index in [0.717, 1.165) is 47.8 Å². The summed E-state index contributed by atoms with van der Waals surface area (Å²) in [6, 6.07) is 17.6. The van der Waals surface area contributed by atoms with Gasteiger partial charge in [0.05, 0.1) is 7.11 Å². The molecule has 1 aliphatic rings. The van der Waals surface area contributed by atoms with Crippen molar-refractivity contribution in [2.75, 3.05) is 13.7 Å². The molecule has 0 radical (unpaired) electrons. The number of aromatic nitrogens is 1. The Balaban J connectivity index is 1.34. The number of likely N-dealkylation sites (tertiary alicyclic amines) is 1. The third-order valence-electron chi connectivity index (χ3n) is 5.20. The first-order valence-corrected chi connectivity index (χ1v) is 9.69. The molecule has 0 amide bonds. The molecule has 0 saturated carbocycles. The number of aryl methyl sites for hydroxylation is 1. The largest absolute Gasteiger partial charge is 0.487 e. The quantitative estimate of drug-likeness (QED) is 0.567. The second-order valence-electron chi connectivity index (χ2n) is 7.12. The molecule has 1 atom stereocenters. The van der Waals surface area contributed by atoms with Crippen LogP contribution in [0.5, 0.6) is 5.75 Å². The highest BCUT2D eigenvalue weighted by Crippen LogP contribution is 2.24. The number of methoxy groups -OCH3 is 1. The van der Waals surface area contributed by atoms with E-state index in [1.807, 2.05) is 61.5 Å². The number of carbonyl (C=O) groups is 1. The van der Waals surface area contributed by atoms with Gasteiger partial charge in [-0.05, 0) is 43.2 Å².